The summed E-state index contributed by atoms with van der Waals surface area (Å²) in [5.74, 6) is 0. The summed E-state index contributed by atoms with van der Waals surface area (Å²) >= 11 is 0. The lowest BCUT2D eigenvalue weighted by Gasteiger charge is -2.28. The van der Waals surface area contributed by atoms with Crippen LogP contribution in [0, 0.1) is 0 Å². The standard InChI is InChI=1S/C11H13N3O2/c12-14-13-11(7-6-9(15)10(11)16)8-4-2-1-3-5-8/h1-5,9-10,15-16H,6-7H2. The zero-order chi connectivity index (χ0) is 11.6. The average Bonchev–Trinajstić information content (AvgIpc) is 2.60. The number of hydrogen-bond donors (Lipinski definition) is 2. The molecule has 3 atom stereocenters. The Balaban J connectivity index is 2.49. The van der Waals surface area contributed by atoms with Crippen molar-refractivity contribution in [2.75, 3.05) is 0 Å². The maximum atomic E-state index is 9.98. The van der Waals surface area contributed by atoms with E-state index in [0.717, 1.165) is 5.56 Å². The summed E-state index contributed by atoms with van der Waals surface area (Å²) in [5.41, 5.74) is 8.35. The van der Waals surface area contributed by atoms with Gasteiger partial charge in [-0.1, -0.05) is 35.4 Å². The summed E-state index contributed by atoms with van der Waals surface area (Å²) in [6, 6.07) is 9.10. The molecule has 1 aliphatic rings. The van der Waals surface area contributed by atoms with Gasteiger partial charge in [-0.05, 0) is 23.9 Å². The highest BCUT2D eigenvalue weighted by atomic mass is 16.3. The smallest absolute Gasteiger partial charge is 0.102 e. The minimum absolute atomic E-state index is 0.440. The lowest BCUT2D eigenvalue weighted by atomic mass is 9.87. The Morgan fingerprint density at radius 3 is 2.50 bits per heavy atom. The van der Waals surface area contributed by atoms with Crippen LogP contribution in [0.25, 0.3) is 10.4 Å². The molecule has 16 heavy (non-hydrogen) atoms. The van der Waals surface area contributed by atoms with Gasteiger partial charge in [0.2, 0.25) is 0 Å². The molecule has 2 N–H and O–H groups in total. The van der Waals surface area contributed by atoms with Crippen LogP contribution in [0.1, 0.15) is 18.4 Å². The molecule has 1 aliphatic carbocycles. The van der Waals surface area contributed by atoms with Crippen molar-refractivity contribution in [3.63, 3.8) is 0 Å². The van der Waals surface area contributed by atoms with Crippen molar-refractivity contribution in [1.82, 2.24) is 0 Å². The topological polar surface area (TPSA) is 89.2 Å². The minimum atomic E-state index is -1.04. The van der Waals surface area contributed by atoms with Crippen LogP contribution in [0.2, 0.25) is 0 Å². The van der Waals surface area contributed by atoms with Crippen LogP contribution in [0.15, 0.2) is 35.4 Å². The SMILES string of the molecule is [N-]=[N+]=NC1(c2ccccc2)CCC(O)C1O. The molecule has 0 amide bonds. The van der Waals surface area contributed by atoms with E-state index < -0.39 is 17.7 Å². The molecule has 1 fully saturated rings. The largest absolute Gasteiger partial charge is 0.390 e. The molecule has 0 saturated heterocycles. The van der Waals surface area contributed by atoms with Gasteiger partial charge in [0.15, 0.2) is 0 Å². The number of benzene rings is 1. The van der Waals surface area contributed by atoms with Crippen LogP contribution in [-0.2, 0) is 5.54 Å². The van der Waals surface area contributed by atoms with E-state index in [1.165, 1.54) is 0 Å². The Bertz CT molecular complexity index is 416. The lowest BCUT2D eigenvalue weighted by Crippen LogP contribution is -2.37. The Hall–Kier alpha value is -1.55. The highest BCUT2D eigenvalue weighted by molar-refractivity contribution is 5.29. The van der Waals surface area contributed by atoms with E-state index in [0.29, 0.717) is 12.8 Å². The molecule has 0 radical (unpaired) electrons. The molecule has 2 rings (SSSR count). The fraction of sp³-hybridized carbons (Fsp3) is 0.455. The molecule has 84 valence electrons. The van der Waals surface area contributed by atoms with Gasteiger partial charge in [-0.2, -0.15) is 0 Å². The molecule has 5 heteroatoms. The van der Waals surface area contributed by atoms with Crippen LogP contribution < -0.4 is 0 Å². The van der Waals surface area contributed by atoms with E-state index >= 15 is 0 Å². The van der Waals surface area contributed by atoms with Crippen LogP contribution in [-0.4, -0.2) is 22.4 Å². The summed E-state index contributed by atoms with van der Waals surface area (Å²) < 4.78 is 0. The molecule has 1 aromatic rings. The number of rotatable bonds is 2. The quantitative estimate of drug-likeness (QED) is 0.450. The Kier molecular flexibility index (Phi) is 2.83. The van der Waals surface area contributed by atoms with Gasteiger partial charge in [-0.25, -0.2) is 0 Å². The van der Waals surface area contributed by atoms with Gasteiger partial charge in [0.25, 0.3) is 0 Å². The molecule has 5 nitrogen and oxygen atoms in total. The third-order valence-electron chi connectivity index (χ3n) is 3.17. The van der Waals surface area contributed by atoms with E-state index in [-0.39, 0.29) is 0 Å². The van der Waals surface area contributed by atoms with Gasteiger partial charge in [-0.15, -0.1) is 0 Å². The predicted octanol–water partition coefficient (Wildman–Crippen LogP) is 1.71. The molecule has 1 aromatic carbocycles. The van der Waals surface area contributed by atoms with Gasteiger partial charge in [0.05, 0.1) is 12.2 Å². The van der Waals surface area contributed by atoms with Crippen LogP contribution in [0.5, 0.6) is 0 Å². The van der Waals surface area contributed by atoms with Crippen LogP contribution >= 0.6 is 0 Å². The summed E-state index contributed by atoms with van der Waals surface area (Å²) in [7, 11) is 0. The first-order valence-corrected chi connectivity index (χ1v) is 5.18. The average molecular weight is 219 g/mol. The molecule has 0 aliphatic heterocycles. The third kappa shape index (κ3) is 1.55. The van der Waals surface area contributed by atoms with Gasteiger partial charge < -0.3 is 10.2 Å². The van der Waals surface area contributed by atoms with Crippen molar-refractivity contribution in [1.29, 1.82) is 0 Å². The van der Waals surface area contributed by atoms with Crippen molar-refractivity contribution in [2.24, 2.45) is 5.11 Å². The first-order chi connectivity index (χ1) is 7.70. The Morgan fingerprint density at radius 2 is 2.00 bits per heavy atom. The van der Waals surface area contributed by atoms with E-state index in [1.54, 1.807) is 12.1 Å². The number of aliphatic hydroxyl groups is 2. The Morgan fingerprint density at radius 1 is 1.31 bits per heavy atom. The van der Waals surface area contributed by atoms with Gasteiger partial charge in [-0.3, -0.25) is 0 Å². The molecule has 0 bridgehead atoms. The fourth-order valence-electron chi connectivity index (χ4n) is 2.28. The summed E-state index contributed by atoms with van der Waals surface area (Å²) in [4.78, 5) is 2.80. The molecule has 0 spiro atoms. The van der Waals surface area contributed by atoms with Gasteiger partial charge in [0.1, 0.15) is 5.54 Å². The zero-order valence-electron chi connectivity index (χ0n) is 8.69. The lowest BCUT2D eigenvalue weighted by molar-refractivity contribution is 0.00951. The zero-order valence-corrected chi connectivity index (χ0v) is 8.69. The number of aliphatic hydroxyl groups excluding tert-OH is 2. The normalized spacial score (nSPS) is 33.4. The first kappa shape index (κ1) is 11.0. The van der Waals surface area contributed by atoms with Crippen molar-refractivity contribution in [3.05, 3.63) is 46.3 Å². The highest BCUT2D eigenvalue weighted by Crippen LogP contribution is 2.42. The fourth-order valence-corrected chi connectivity index (χ4v) is 2.28. The number of azide groups is 1. The third-order valence-corrected chi connectivity index (χ3v) is 3.17. The maximum absolute atomic E-state index is 9.98. The summed E-state index contributed by atoms with van der Waals surface area (Å²) in [6.45, 7) is 0. The van der Waals surface area contributed by atoms with Crippen LogP contribution in [0.4, 0.5) is 0 Å². The summed E-state index contributed by atoms with van der Waals surface area (Å²) in [6.07, 6.45) is -0.963. The van der Waals surface area contributed by atoms with E-state index in [4.69, 9.17) is 5.53 Å². The molecular formula is C11H13N3O2. The van der Waals surface area contributed by atoms with Crippen molar-refractivity contribution in [2.45, 2.75) is 30.6 Å². The monoisotopic (exact) mass is 219 g/mol. The van der Waals surface area contributed by atoms with Crippen molar-refractivity contribution < 1.29 is 10.2 Å². The first-order valence-electron chi connectivity index (χ1n) is 5.18. The summed E-state index contributed by atoms with van der Waals surface area (Å²) in [5, 5.41) is 23.3. The number of hydrogen-bond acceptors (Lipinski definition) is 3. The van der Waals surface area contributed by atoms with Crippen molar-refractivity contribution in [3.8, 4) is 0 Å². The van der Waals surface area contributed by atoms with E-state index in [9.17, 15) is 10.2 Å². The second kappa shape index (κ2) is 4.14. The Labute approximate surface area is 93.0 Å². The van der Waals surface area contributed by atoms with E-state index in [1.807, 2.05) is 18.2 Å². The second-order valence-corrected chi connectivity index (χ2v) is 4.03. The second-order valence-electron chi connectivity index (χ2n) is 4.03. The highest BCUT2D eigenvalue weighted by Gasteiger charge is 2.48. The van der Waals surface area contributed by atoms with Gasteiger partial charge >= 0.3 is 0 Å². The van der Waals surface area contributed by atoms with Crippen LogP contribution in [0.3, 0.4) is 0 Å². The molecular weight excluding hydrogens is 206 g/mol. The molecule has 3 unspecified atom stereocenters. The maximum Gasteiger partial charge on any atom is 0.102 e. The molecule has 0 heterocycles. The van der Waals surface area contributed by atoms with Gasteiger partial charge in [0, 0.05) is 4.91 Å². The van der Waals surface area contributed by atoms with Crippen molar-refractivity contribution >= 4 is 0 Å². The predicted molar refractivity (Wildman–Crippen MR) is 58.5 cm³/mol. The minimum Gasteiger partial charge on any atom is -0.390 e. The van der Waals surface area contributed by atoms with E-state index in [2.05, 4.69) is 10.0 Å². The molecule has 1 saturated carbocycles. The number of nitrogens with zero attached hydrogens (tertiary/aromatic N) is 3. The molecule has 0 aromatic heterocycles.